The van der Waals surface area contributed by atoms with Crippen LogP contribution in [0.2, 0.25) is 0 Å². The molecule has 2 aromatic heterocycles. The van der Waals surface area contributed by atoms with Gasteiger partial charge in [0.15, 0.2) is 11.8 Å². The lowest BCUT2D eigenvalue weighted by Gasteiger charge is -2.10. The Morgan fingerprint density at radius 3 is 2.70 bits per heavy atom. The number of halogens is 1. The van der Waals surface area contributed by atoms with Crippen molar-refractivity contribution < 1.29 is 4.74 Å². The van der Waals surface area contributed by atoms with Gasteiger partial charge in [0.2, 0.25) is 0 Å². The molecule has 0 saturated carbocycles. The zero-order valence-corrected chi connectivity index (χ0v) is 18.4. The van der Waals surface area contributed by atoms with E-state index in [4.69, 9.17) is 4.74 Å². The molecule has 27 heavy (non-hydrogen) atoms. The minimum Gasteiger partial charge on any atom is -0.497 e. The van der Waals surface area contributed by atoms with Crippen LogP contribution in [0.3, 0.4) is 0 Å². The lowest BCUT2D eigenvalue weighted by Crippen LogP contribution is -2.38. The quantitative estimate of drug-likeness (QED) is 0.265. The number of methoxy groups -OCH3 is 1. The largest absolute Gasteiger partial charge is 0.497 e. The van der Waals surface area contributed by atoms with E-state index >= 15 is 0 Å². The monoisotopic (exact) mass is 498 g/mol. The van der Waals surface area contributed by atoms with Gasteiger partial charge >= 0.3 is 0 Å². The topological polar surface area (TPSA) is 87.2 Å². The van der Waals surface area contributed by atoms with Crippen molar-refractivity contribution in [2.75, 3.05) is 20.7 Å². The van der Waals surface area contributed by atoms with Crippen molar-refractivity contribution in [3.05, 3.63) is 52.5 Å². The number of nitrogens with one attached hydrogen (secondary N) is 3. The molecule has 0 saturated heterocycles. The molecule has 0 bridgehead atoms. The molecule has 9 heteroatoms. The van der Waals surface area contributed by atoms with Crippen LogP contribution >= 0.6 is 35.3 Å². The van der Waals surface area contributed by atoms with Gasteiger partial charge < -0.3 is 15.4 Å². The fraction of sp³-hybridized carbons (Fsp3) is 0.278. The summed E-state index contributed by atoms with van der Waals surface area (Å²) in [6.45, 7) is 1.34. The first-order valence-electron chi connectivity index (χ1n) is 8.31. The number of thiophene rings is 1. The number of hydrogen-bond donors (Lipinski definition) is 3. The summed E-state index contributed by atoms with van der Waals surface area (Å²) in [5.41, 5.74) is 0.937. The van der Waals surface area contributed by atoms with Crippen LogP contribution in [0.25, 0.3) is 11.4 Å². The average Bonchev–Trinajstić information content (AvgIpc) is 3.36. The highest BCUT2D eigenvalue weighted by Gasteiger charge is 2.07. The van der Waals surface area contributed by atoms with Crippen molar-refractivity contribution in [2.45, 2.75) is 13.0 Å². The third kappa shape index (κ3) is 6.21. The highest BCUT2D eigenvalue weighted by Crippen LogP contribution is 2.18. The lowest BCUT2D eigenvalue weighted by molar-refractivity contribution is 0.415. The van der Waals surface area contributed by atoms with Gasteiger partial charge in [-0.05, 0) is 42.1 Å². The molecular weight excluding hydrogens is 475 g/mol. The SMILES string of the molecule is CN=C(NCCc1cccs1)NCc1nc(-c2ccc(OC)cc2)n[nH]1.I. The molecule has 0 unspecified atom stereocenters. The van der Waals surface area contributed by atoms with E-state index in [1.165, 1.54) is 4.88 Å². The van der Waals surface area contributed by atoms with Crippen LogP contribution < -0.4 is 15.4 Å². The van der Waals surface area contributed by atoms with E-state index in [1.807, 2.05) is 24.3 Å². The number of aromatic amines is 1. The first-order valence-corrected chi connectivity index (χ1v) is 9.19. The van der Waals surface area contributed by atoms with Gasteiger partial charge in [-0.15, -0.1) is 35.3 Å². The summed E-state index contributed by atoms with van der Waals surface area (Å²) < 4.78 is 5.17. The summed E-state index contributed by atoms with van der Waals surface area (Å²) in [5, 5.41) is 15.8. The Balaban J connectivity index is 0.00000261. The molecule has 0 atom stereocenters. The van der Waals surface area contributed by atoms with Crippen LogP contribution in [-0.4, -0.2) is 41.8 Å². The molecule has 3 rings (SSSR count). The van der Waals surface area contributed by atoms with Gasteiger partial charge in [0.25, 0.3) is 0 Å². The number of guanidine groups is 1. The maximum atomic E-state index is 5.17. The fourth-order valence-electron chi connectivity index (χ4n) is 2.39. The smallest absolute Gasteiger partial charge is 0.191 e. The summed E-state index contributed by atoms with van der Waals surface area (Å²) in [5.74, 6) is 2.95. The number of aliphatic imine (C=N–C) groups is 1. The first kappa shape index (κ1) is 21.2. The van der Waals surface area contributed by atoms with Crippen molar-refractivity contribution in [1.82, 2.24) is 25.8 Å². The number of nitrogens with zero attached hydrogens (tertiary/aromatic N) is 3. The first-order chi connectivity index (χ1) is 12.8. The lowest BCUT2D eigenvalue weighted by atomic mass is 10.2. The number of aromatic nitrogens is 3. The van der Waals surface area contributed by atoms with Gasteiger partial charge in [0.05, 0.1) is 13.7 Å². The van der Waals surface area contributed by atoms with Crippen molar-refractivity contribution >= 4 is 41.3 Å². The molecule has 0 aliphatic rings. The Bertz CT molecular complexity index is 832. The molecule has 0 amide bonds. The zero-order valence-electron chi connectivity index (χ0n) is 15.2. The van der Waals surface area contributed by atoms with Crippen LogP contribution in [0.15, 0.2) is 46.8 Å². The third-order valence-corrected chi connectivity index (χ3v) is 4.71. The molecule has 0 aliphatic carbocycles. The van der Waals surface area contributed by atoms with E-state index in [-0.39, 0.29) is 24.0 Å². The maximum absolute atomic E-state index is 5.17. The highest BCUT2D eigenvalue weighted by molar-refractivity contribution is 14.0. The van der Waals surface area contributed by atoms with E-state index in [0.717, 1.165) is 36.1 Å². The number of benzene rings is 1. The van der Waals surface area contributed by atoms with Gasteiger partial charge in [-0.25, -0.2) is 4.98 Å². The Hall–Kier alpha value is -2.14. The number of H-pyrrole nitrogens is 1. The summed E-state index contributed by atoms with van der Waals surface area (Å²) in [6, 6.07) is 11.9. The molecule has 0 aliphatic heterocycles. The Morgan fingerprint density at radius 1 is 1.22 bits per heavy atom. The molecule has 144 valence electrons. The van der Waals surface area contributed by atoms with Gasteiger partial charge in [-0.2, -0.15) is 5.10 Å². The van der Waals surface area contributed by atoms with Crippen LogP contribution in [0, 0.1) is 0 Å². The van der Waals surface area contributed by atoms with Crippen molar-refractivity contribution in [1.29, 1.82) is 0 Å². The molecular formula is C18H23IN6OS. The van der Waals surface area contributed by atoms with Crippen LogP contribution in [0.4, 0.5) is 0 Å². The second kappa shape index (κ2) is 10.9. The van der Waals surface area contributed by atoms with E-state index in [1.54, 1.807) is 25.5 Å². The Kier molecular flexibility index (Phi) is 8.52. The molecule has 2 heterocycles. The van der Waals surface area contributed by atoms with Crippen LogP contribution in [0.5, 0.6) is 5.75 Å². The normalized spacial score (nSPS) is 11.0. The predicted octanol–water partition coefficient (Wildman–Crippen LogP) is 3.07. The summed E-state index contributed by atoms with van der Waals surface area (Å²) in [7, 11) is 3.40. The zero-order chi connectivity index (χ0) is 18.2. The van der Waals surface area contributed by atoms with E-state index in [2.05, 4.69) is 48.3 Å². The molecule has 3 N–H and O–H groups in total. The predicted molar refractivity (Wildman–Crippen MR) is 120 cm³/mol. The molecule has 7 nitrogen and oxygen atoms in total. The molecule has 0 radical (unpaired) electrons. The average molecular weight is 498 g/mol. The van der Waals surface area contributed by atoms with Crippen molar-refractivity contribution in [2.24, 2.45) is 4.99 Å². The summed E-state index contributed by atoms with van der Waals surface area (Å²) in [4.78, 5) is 10.1. The van der Waals surface area contributed by atoms with E-state index < -0.39 is 0 Å². The Labute approximate surface area is 179 Å². The van der Waals surface area contributed by atoms with Gasteiger partial charge in [-0.1, -0.05) is 6.07 Å². The molecule has 1 aromatic carbocycles. The van der Waals surface area contributed by atoms with Crippen LogP contribution in [-0.2, 0) is 13.0 Å². The molecule has 0 fully saturated rings. The van der Waals surface area contributed by atoms with Gasteiger partial charge in [0, 0.05) is 24.0 Å². The molecule has 3 aromatic rings. The Morgan fingerprint density at radius 2 is 2.04 bits per heavy atom. The van der Waals surface area contributed by atoms with Crippen molar-refractivity contribution in [3.8, 4) is 17.1 Å². The fourth-order valence-corrected chi connectivity index (χ4v) is 3.10. The second-order valence-corrected chi connectivity index (χ2v) is 6.55. The third-order valence-electron chi connectivity index (χ3n) is 3.77. The second-order valence-electron chi connectivity index (χ2n) is 5.52. The standard InChI is InChI=1S/C18H22N6OS.HI/c1-19-18(20-10-9-15-4-3-11-26-15)21-12-16-22-17(24-23-16)13-5-7-14(25-2)8-6-13;/h3-8,11H,9-10,12H2,1-2H3,(H2,19,20,21)(H,22,23,24);1H. The minimum atomic E-state index is 0. The minimum absolute atomic E-state index is 0. The number of ether oxygens (including phenoxy) is 1. The summed E-state index contributed by atoms with van der Waals surface area (Å²) in [6.07, 6.45) is 0.974. The number of rotatable bonds is 7. The van der Waals surface area contributed by atoms with Crippen molar-refractivity contribution in [3.63, 3.8) is 0 Å². The van der Waals surface area contributed by atoms with Crippen LogP contribution in [0.1, 0.15) is 10.7 Å². The molecule has 0 spiro atoms. The van der Waals surface area contributed by atoms with Gasteiger partial charge in [0.1, 0.15) is 11.6 Å². The maximum Gasteiger partial charge on any atom is 0.191 e. The summed E-state index contributed by atoms with van der Waals surface area (Å²) >= 11 is 1.76. The van der Waals surface area contributed by atoms with E-state index in [9.17, 15) is 0 Å². The van der Waals surface area contributed by atoms with Gasteiger partial charge in [-0.3, -0.25) is 10.1 Å². The van der Waals surface area contributed by atoms with E-state index in [0.29, 0.717) is 12.4 Å². The highest BCUT2D eigenvalue weighted by atomic mass is 127. The number of hydrogen-bond acceptors (Lipinski definition) is 5.